The lowest BCUT2D eigenvalue weighted by atomic mass is 9.72. The Balaban J connectivity index is 1.65. The van der Waals surface area contributed by atoms with Gasteiger partial charge in [0.05, 0.1) is 6.10 Å². The van der Waals surface area contributed by atoms with E-state index in [0.29, 0.717) is 24.0 Å². The highest BCUT2D eigenvalue weighted by Gasteiger charge is 2.43. The van der Waals surface area contributed by atoms with Gasteiger partial charge in [0.1, 0.15) is 0 Å². The fourth-order valence-corrected chi connectivity index (χ4v) is 5.07. The van der Waals surface area contributed by atoms with Crippen molar-refractivity contribution in [2.45, 2.75) is 76.6 Å². The van der Waals surface area contributed by atoms with Gasteiger partial charge < -0.3 is 10.8 Å². The summed E-state index contributed by atoms with van der Waals surface area (Å²) in [4.78, 5) is 2.70. The average Bonchev–Trinajstić information content (AvgIpc) is 2.55. The largest absolute Gasteiger partial charge is 0.393 e. The molecule has 3 heteroatoms. The molecule has 6 atom stereocenters. The molecule has 0 radical (unpaired) electrons. The molecule has 0 spiro atoms. The van der Waals surface area contributed by atoms with Gasteiger partial charge in [-0.15, -0.1) is 0 Å². The van der Waals surface area contributed by atoms with Gasteiger partial charge in [0.25, 0.3) is 0 Å². The summed E-state index contributed by atoms with van der Waals surface area (Å²) in [6.07, 6.45) is 7.03. The van der Waals surface area contributed by atoms with Crippen LogP contribution in [0.5, 0.6) is 0 Å². The van der Waals surface area contributed by atoms with E-state index in [1.807, 2.05) is 0 Å². The molecule has 19 heavy (non-hydrogen) atoms. The van der Waals surface area contributed by atoms with Crippen LogP contribution < -0.4 is 5.73 Å². The van der Waals surface area contributed by atoms with Crippen LogP contribution in [0, 0.1) is 17.8 Å². The molecule has 0 aromatic heterocycles. The Morgan fingerprint density at radius 1 is 1.05 bits per heavy atom. The van der Waals surface area contributed by atoms with Crippen molar-refractivity contribution >= 4 is 0 Å². The van der Waals surface area contributed by atoms with Crippen LogP contribution in [0.2, 0.25) is 0 Å². The molecule has 3 aliphatic rings. The summed E-state index contributed by atoms with van der Waals surface area (Å²) in [5, 5.41) is 9.90. The van der Waals surface area contributed by atoms with E-state index in [1.165, 1.54) is 32.2 Å². The number of hydrogen-bond acceptors (Lipinski definition) is 3. The van der Waals surface area contributed by atoms with Crippen molar-refractivity contribution in [3.8, 4) is 0 Å². The lowest BCUT2D eigenvalue weighted by Crippen LogP contribution is -2.52. The summed E-state index contributed by atoms with van der Waals surface area (Å²) in [6.45, 7) is 5.91. The molecule has 3 N–H and O–H groups in total. The predicted molar refractivity (Wildman–Crippen MR) is 77.8 cm³/mol. The van der Waals surface area contributed by atoms with Crippen molar-refractivity contribution in [3.63, 3.8) is 0 Å². The summed E-state index contributed by atoms with van der Waals surface area (Å²) < 4.78 is 0. The Bertz CT molecular complexity index is 296. The molecule has 2 aliphatic heterocycles. The molecule has 6 unspecified atom stereocenters. The van der Waals surface area contributed by atoms with Gasteiger partial charge in [0.15, 0.2) is 0 Å². The summed E-state index contributed by atoms with van der Waals surface area (Å²) in [5.74, 6) is 2.21. The van der Waals surface area contributed by atoms with Crippen molar-refractivity contribution < 1.29 is 5.11 Å². The average molecular weight is 266 g/mol. The van der Waals surface area contributed by atoms with E-state index < -0.39 is 0 Å². The van der Waals surface area contributed by atoms with Crippen LogP contribution in [0.1, 0.15) is 52.4 Å². The Hall–Kier alpha value is -0.120. The van der Waals surface area contributed by atoms with E-state index in [2.05, 4.69) is 18.7 Å². The number of rotatable bonds is 2. The first kappa shape index (κ1) is 13.8. The second-order valence-corrected chi connectivity index (χ2v) is 7.59. The first-order valence-corrected chi connectivity index (χ1v) is 8.24. The molecular weight excluding hydrogens is 236 g/mol. The third-order valence-corrected chi connectivity index (χ3v) is 6.01. The van der Waals surface area contributed by atoms with E-state index in [0.717, 1.165) is 24.7 Å². The lowest BCUT2D eigenvalue weighted by molar-refractivity contribution is 0.0113. The molecule has 2 saturated heterocycles. The van der Waals surface area contributed by atoms with Crippen LogP contribution >= 0.6 is 0 Å². The Morgan fingerprint density at radius 2 is 1.68 bits per heavy atom. The van der Waals surface area contributed by atoms with E-state index in [-0.39, 0.29) is 6.10 Å². The van der Waals surface area contributed by atoms with Crippen molar-refractivity contribution in [1.29, 1.82) is 0 Å². The number of aliphatic hydroxyl groups is 1. The molecule has 3 rings (SSSR count). The van der Waals surface area contributed by atoms with Crippen LogP contribution in [0.15, 0.2) is 0 Å². The van der Waals surface area contributed by atoms with Gasteiger partial charge >= 0.3 is 0 Å². The van der Waals surface area contributed by atoms with E-state index in [9.17, 15) is 5.11 Å². The van der Waals surface area contributed by atoms with Crippen molar-refractivity contribution in [1.82, 2.24) is 4.90 Å². The predicted octanol–water partition coefficient (Wildman–Crippen LogP) is 1.98. The third kappa shape index (κ3) is 2.70. The monoisotopic (exact) mass is 266 g/mol. The highest BCUT2D eigenvalue weighted by atomic mass is 16.3. The molecule has 1 aliphatic carbocycles. The highest BCUT2D eigenvalue weighted by molar-refractivity contribution is 4.98. The zero-order valence-corrected chi connectivity index (χ0v) is 12.5. The number of hydrogen-bond donors (Lipinski definition) is 2. The van der Waals surface area contributed by atoms with Gasteiger partial charge in [-0.05, 0) is 56.3 Å². The van der Waals surface area contributed by atoms with Gasteiger partial charge in [-0.3, -0.25) is 4.90 Å². The van der Waals surface area contributed by atoms with E-state index in [4.69, 9.17) is 5.73 Å². The van der Waals surface area contributed by atoms with Crippen LogP contribution in [-0.4, -0.2) is 40.8 Å². The minimum Gasteiger partial charge on any atom is -0.393 e. The molecule has 3 fully saturated rings. The highest BCUT2D eigenvalue weighted by Crippen LogP contribution is 2.39. The molecule has 0 amide bonds. The number of piperidine rings is 1. The zero-order chi connectivity index (χ0) is 13.6. The number of fused-ring (bicyclic) bond motifs is 2. The maximum absolute atomic E-state index is 9.90. The van der Waals surface area contributed by atoms with Crippen LogP contribution in [-0.2, 0) is 0 Å². The van der Waals surface area contributed by atoms with Crippen molar-refractivity contribution in [2.24, 2.45) is 23.5 Å². The zero-order valence-electron chi connectivity index (χ0n) is 12.5. The van der Waals surface area contributed by atoms with Crippen molar-refractivity contribution in [2.75, 3.05) is 6.54 Å². The first-order valence-electron chi connectivity index (χ1n) is 8.24. The van der Waals surface area contributed by atoms with E-state index >= 15 is 0 Å². The Labute approximate surface area is 117 Å². The SMILES string of the molecule is CC1CC(C)C(CN2C3CCC2CC(O)C3)C(N)C1. The third-order valence-electron chi connectivity index (χ3n) is 6.01. The molecule has 2 heterocycles. The summed E-state index contributed by atoms with van der Waals surface area (Å²) in [6, 6.07) is 1.64. The van der Waals surface area contributed by atoms with Gasteiger partial charge in [0.2, 0.25) is 0 Å². The quantitative estimate of drug-likeness (QED) is 0.803. The standard InChI is InChI=1S/C16H30N2O/c1-10-5-11(2)15(16(17)6-10)9-18-12-3-4-13(18)8-14(19)7-12/h10-16,19H,3-9,17H2,1-2H3. The fraction of sp³-hybridized carbons (Fsp3) is 1.00. The topological polar surface area (TPSA) is 49.5 Å². The van der Waals surface area contributed by atoms with Crippen LogP contribution in [0.3, 0.4) is 0 Å². The normalized spacial score (nSPS) is 51.5. The molecule has 0 aromatic rings. The summed E-state index contributed by atoms with van der Waals surface area (Å²) >= 11 is 0. The molecule has 110 valence electrons. The minimum absolute atomic E-state index is 0.0498. The second-order valence-electron chi connectivity index (χ2n) is 7.59. The maximum atomic E-state index is 9.90. The smallest absolute Gasteiger partial charge is 0.0570 e. The minimum atomic E-state index is -0.0498. The molecular formula is C16H30N2O. The van der Waals surface area contributed by atoms with Crippen molar-refractivity contribution in [3.05, 3.63) is 0 Å². The summed E-state index contributed by atoms with van der Waals surface area (Å²) in [7, 11) is 0. The van der Waals surface area contributed by atoms with Gasteiger partial charge in [-0.1, -0.05) is 13.8 Å². The van der Waals surface area contributed by atoms with Crippen LogP contribution in [0.4, 0.5) is 0 Å². The maximum Gasteiger partial charge on any atom is 0.0570 e. The van der Waals surface area contributed by atoms with Gasteiger partial charge in [-0.25, -0.2) is 0 Å². The number of nitrogens with zero attached hydrogens (tertiary/aromatic N) is 1. The van der Waals surface area contributed by atoms with Gasteiger partial charge in [0, 0.05) is 24.7 Å². The first-order chi connectivity index (χ1) is 9.04. The molecule has 0 aromatic carbocycles. The number of nitrogens with two attached hydrogens (primary N) is 1. The Kier molecular flexibility index (Phi) is 3.89. The molecule has 3 nitrogen and oxygen atoms in total. The second kappa shape index (κ2) is 5.34. The number of aliphatic hydroxyl groups excluding tert-OH is 1. The molecule has 2 bridgehead atoms. The Morgan fingerprint density at radius 3 is 2.26 bits per heavy atom. The molecule has 1 saturated carbocycles. The summed E-state index contributed by atoms with van der Waals surface area (Å²) in [5.41, 5.74) is 6.44. The van der Waals surface area contributed by atoms with E-state index in [1.54, 1.807) is 0 Å². The fourth-order valence-electron chi connectivity index (χ4n) is 5.07. The lowest BCUT2D eigenvalue weighted by Gasteiger charge is -2.44. The van der Waals surface area contributed by atoms with Gasteiger partial charge in [-0.2, -0.15) is 0 Å². The van der Waals surface area contributed by atoms with Crippen LogP contribution in [0.25, 0.3) is 0 Å².